The Hall–Kier alpha value is -0.620. The Labute approximate surface area is 121 Å². The molecule has 0 aromatic carbocycles. The molecule has 6 heteroatoms. The molecule has 5 nitrogen and oxygen atoms in total. The van der Waals surface area contributed by atoms with E-state index in [1.54, 1.807) is 0 Å². The van der Waals surface area contributed by atoms with Crippen molar-refractivity contribution in [3.63, 3.8) is 0 Å². The van der Waals surface area contributed by atoms with Gasteiger partial charge in [-0.25, -0.2) is 8.42 Å². The largest absolute Gasteiger partial charge is 0.353 e. The van der Waals surface area contributed by atoms with Crippen LogP contribution in [0.2, 0.25) is 0 Å². The number of hydrogen-bond acceptors (Lipinski definition) is 4. The van der Waals surface area contributed by atoms with E-state index in [2.05, 4.69) is 5.32 Å². The van der Waals surface area contributed by atoms with Crippen LogP contribution in [0, 0.1) is 5.92 Å². The number of nitrogens with two attached hydrogens (primary N) is 1. The summed E-state index contributed by atoms with van der Waals surface area (Å²) in [4.78, 5) is 12.0. The van der Waals surface area contributed by atoms with Gasteiger partial charge in [-0.1, -0.05) is 6.42 Å². The fraction of sp³-hybridized carbons (Fsp3) is 0.929. The Balaban J connectivity index is 1.74. The molecule has 2 aliphatic rings. The molecule has 0 bridgehead atoms. The van der Waals surface area contributed by atoms with Gasteiger partial charge in [-0.15, -0.1) is 0 Å². The first-order valence-corrected chi connectivity index (χ1v) is 9.55. The molecule has 0 aromatic rings. The molecule has 116 valence electrons. The number of amides is 1. The number of carbonyl (C=O) groups is 1. The molecule has 0 spiro atoms. The second-order valence-electron chi connectivity index (χ2n) is 6.43. The molecule has 2 aliphatic carbocycles. The van der Waals surface area contributed by atoms with Gasteiger partial charge in [-0.05, 0) is 44.4 Å². The van der Waals surface area contributed by atoms with Gasteiger partial charge >= 0.3 is 0 Å². The number of sulfone groups is 1. The Morgan fingerprint density at radius 3 is 2.30 bits per heavy atom. The van der Waals surface area contributed by atoms with Gasteiger partial charge < -0.3 is 11.1 Å². The molecule has 2 atom stereocenters. The highest BCUT2D eigenvalue weighted by Crippen LogP contribution is 2.27. The minimum atomic E-state index is -2.93. The standard InChI is InChI=1S/C14H26N2O3S/c1-20(18,19)12-7-5-11(6-8-12)16-14(17)9-10-3-2-4-13(10)15/h10-13H,2-9,15H2,1H3,(H,16,17)/t10-,11?,12?,13+/m0/s1. The molecule has 0 radical (unpaired) electrons. The minimum absolute atomic E-state index is 0.0788. The van der Waals surface area contributed by atoms with E-state index in [1.807, 2.05) is 0 Å². The molecule has 0 unspecified atom stereocenters. The van der Waals surface area contributed by atoms with E-state index in [9.17, 15) is 13.2 Å². The van der Waals surface area contributed by atoms with E-state index in [4.69, 9.17) is 5.73 Å². The highest BCUT2D eigenvalue weighted by molar-refractivity contribution is 7.91. The maximum atomic E-state index is 12.0. The van der Waals surface area contributed by atoms with Crippen molar-refractivity contribution in [1.29, 1.82) is 0 Å². The van der Waals surface area contributed by atoms with Crippen LogP contribution in [-0.4, -0.2) is 37.9 Å². The van der Waals surface area contributed by atoms with Crippen molar-refractivity contribution >= 4 is 15.7 Å². The normalized spacial score (nSPS) is 34.9. The van der Waals surface area contributed by atoms with Crippen LogP contribution in [0.5, 0.6) is 0 Å². The Morgan fingerprint density at radius 2 is 1.80 bits per heavy atom. The zero-order chi connectivity index (χ0) is 14.8. The number of hydrogen-bond donors (Lipinski definition) is 2. The zero-order valence-corrected chi connectivity index (χ0v) is 13.0. The van der Waals surface area contributed by atoms with E-state index >= 15 is 0 Å². The molecule has 2 rings (SSSR count). The SMILES string of the molecule is CS(=O)(=O)C1CCC(NC(=O)C[C@@H]2CCC[C@H]2N)CC1. The van der Waals surface area contributed by atoms with Crippen molar-refractivity contribution in [3.05, 3.63) is 0 Å². The van der Waals surface area contributed by atoms with Gasteiger partial charge in [0.05, 0.1) is 5.25 Å². The van der Waals surface area contributed by atoms with Gasteiger partial charge in [0.1, 0.15) is 9.84 Å². The van der Waals surface area contributed by atoms with Crippen LogP contribution in [0.4, 0.5) is 0 Å². The lowest BCUT2D eigenvalue weighted by Gasteiger charge is -2.28. The van der Waals surface area contributed by atoms with E-state index in [0.29, 0.717) is 25.2 Å². The first-order chi connectivity index (χ1) is 9.36. The average molecular weight is 302 g/mol. The third-order valence-electron chi connectivity index (χ3n) is 4.81. The lowest BCUT2D eigenvalue weighted by atomic mass is 9.94. The fourth-order valence-electron chi connectivity index (χ4n) is 3.48. The van der Waals surface area contributed by atoms with Crippen LogP contribution in [0.25, 0.3) is 0 Å². The molecule has 1 amide bonds. The van der Waals surface area contributed by atoms with Crippen molar-refractivity contribution in [2.75, 3.05) is 6.26 Å². The Bertz CT molecular complexity index is 441. The fourth-order valence-corrected chi connectivity index (χ4v) is 4.61. The van der Waals surface area contributed by atoms with E-state index in [-0.39, 0.29) is 23.2 Å². The third-order valence-corrected chi connectivity index (χ3v) is 6.49. The van der Waals surface area contributed by atoms with Crippen molar-refractivity contribution in [2.45, 2.75) is 68.7 Å². The topological polar surface area (TPSA) is 89.3 Å². The molecule has 20 heavy (non-hydrogen) atoms. The van der Waals surface area contributed by atoms with Crippen molar-refractivity contribution in [1.82, 2.24) is 5.32 Å². The quantitative estimate of drug-likeness (QED) is 0.810. The number of rotatable bonds is 4. The molecule has 0 saturated heterocycles. The predicted octanol–water partition coefficient (Wildman–Crippen LogP) is 0.976. The van der Waals surface area contributed by atoms with Crippen LogP contribution >= 0.6 is 0 Å². The summed E-state index contributed by atoms with van der Waals surface area (Å²) in [6.07, 6.45) is 7.87. The first kappa shape index (κ1) is 15.8. The van der Waals surface area contributed by atoms with Crippen LogP contribution in [0.3, 0.4) is 0 Å². The van der Waals surface area contributed by atoms with E-state index < -0.39 is 9.84 Å². The predicted molar refractivity (Wildman–Crippen MR) is 79.0 cm³/mol. The summed E-state index contributed by atoms with van der Waals surface area (Å²) in [5, 5.41) is 2.83. The van der Waals surface area contributed by atoms with Gasteiger partial charge in [0.25, 0.3) is 0 Å². The molecule has 0 heterocycles. The molecule has 0 aliphatic heterocycles. The minimum Gasteiger partial charge on any atom is -0.353 e. The van der Waals surface area contributed by atoms with Crippen LogP contribution in [0.1, 0.15) is 51.4 Å². The lowest BCUT2D eigenvalue weighted by molar-refractivity contribution is -0.123. The summed E-state index contributed by atoms with van der Waals surface area (Å²) in [6, 6.07) is 0.305. The summed E-state index contributed by atoms with van der Waals surface area (Å²) in [5.41, 5.74) is 5.98. The maximum Gasteiger partial charge on any atom is 0.220 e. The van der Waals surface area contributed by atoms with Gasteiger partial charge in [0.15, 0.2) is 0 Å². The van der Waals surface area contributed by atoms with Gasteiger partial charge in [0.2, 0.25) is 5.91 Å². The third kappa shape index (κ3) is 4.19. The van der Waals surface area contributed by atoms with Crippen LogP contribution in [-0.2, 0) is 14.6 Å². The maximum absolute atomic E-state index is 12.0. The first-order valence-electron chi connectivity index (χ1n) is 7.60. The van der Waals surface area contributed by atoms with Gasteiger partial charge in [-0.3, -0.25) is 4.79 Å². The number of carbonyl (C=O) groups excluding carboxylic acids is 1. The zero-order valence-electron chi connectivity index (χ0n) is 12.2. The smallest absolute Gasteiger partial charge is 0.220 e. The summed E-state index contributed by atoms with van der Waals surface area (Å²) >= 11 is 0. The highest BCUT2D eigenvalue weighted by Gasteiger charge is 2.30. The summed E-state index contributed by atoms with van der Waals surface area (Å²) in [6.45, 7) is 0. The Kier molecular flexibility index (Phi) is 5.07. The number of nitrogens with one attached hydrogen (secondary N) is 1. The van der Waals surface area contributed by atoms with E-state index in [1.165, 1.54) is 6.26 Å². The molecule has 0 aromatic heterocycles. The van der Waals surface area contributed by atoms with Crippen LogP contribution in [0.15, 0.2) is 0 Å². The second kappa shape index (κ2) is 6.43. The molecular weight excluding hydrogens is 276 g/mol. The second-order valence-corrected chi connectivity index (χ2v) is 8.76. The Morgan fingerprint density at radius 1 is 1.15 bits per heavy atom. The summed E-state index contributed by atoms with van der Waals surface area (Å²) < 4.78 is 23.0. The molecule has 2 saturated carbocycles. The lowest BCUT2D eigenvalue weighted by Crippen LogP contribution is -2.41. The van der Waals surface area contributed by atoms with E-state index in [0.717, 1.165) is 32.1 Å². The summed E-state index contributed by atoms with van der Waals surface area (Å²) in [5.74, 6) is 0.400. The van der Waals surface area contributed by atoms with Crippen molar-refractivity contribution < 1.29 is 13.2 Å². The van der Waals surface area contributed by atoms with Gasteiger partial charge in [0, 0.05) is 24.8 Å². The molecule has 3 N–H and O–H groups in total. The van der Waals surface area contributed by atoms with Crippen LogP contribution < -0.4 is 11.1 Å². The summed E-state index contributed by atoms with van der Waals surface area (Å²) in [7, 11) is -2.93. The molecule has 2 fully saturated rings. The monoisotopic (exact) mass is 302 g/mol. The van der Waals surface area contributed by atoms with Gasteiger partial charge in [-0.2, -0.15) is 0 Å². The van der Waals surface area contributed by atoms with Crippen molar-refractivity contribution in [2.24, 2.45) is 11.7 Å². The average Bonchev–Trinajstić information content (AvgIpc) is 2.74. The highest BCUT2D eigenvalue weighted by atomic mass is 32.2. The molecular formula is C14H26N2O3S. The van der Waals surface area contributed by atoms with Crippen molar-refractivity contribution in [3.8, 4) is 0 Å².